The molecule has 0 bridgehead atoms. The lowest BCUT2D eigenvalue weighted by Crippen LogP contribution is -2.26. The number of para-hydroxylation sites is 1. The Morgan fingerprint density at radius 1 is 0.923 bits per heavy atom. The number of carbonyl (C=O) groups excluding carboxylic acids is 2. The van der Waals surface area contributed by atoms with Crippen molar-refractivity contribution in [3.63, 3.8) is 0 Å². The van der Waals surface area contributed by atoms with Gasteiger partial charge in [0.25, 0.3) is 11.6 Å². The van der Waals surface area contributed by atoms with Crippen molar-refractivity contribution in [2.45, 2.75) is 6.10 Å². The Bertz CT molecular complexity index is 1700. The van der Waals surface area contributed by atoms with Gasteiger partial charge >= 0.3 is 5.97 Å². The number of pyridine rings is 2. The molecule has 1 atom stereocenters. The van der Waals surface area contributed by atoms with Crippen LogP contribution in [0, 0.1) is 10.1 Å². The van der Waals surface area contributed by atoms with E-state index in [4.69, 9.17) is 16.3 Å². The summed E-state index contributed by atoms with van der Waals surface area (Å²) in [5.41, 5.74) is 2.45. The van der Waals surface area contributed by atoms with Gasteiger partial charge in [-0.3, -0.25) is 19.9 Å². The molecule has 0 fully saturated rings. The van der Waals surface area contributed by atoms with Crippen LogP contribution < -0.4 is 5.32 Å². The molecular formula is C29H19ClN4O5. The van der Waals surface area contributed by atoms with Gasteiger partial charge in [0.15, 0.2) is 0 Å². The first-order valence-electron chi connectivity index (χ1n) is 11.7. The number of hydrogen-bond acceptors (Lipinski definition) is 7. The van der Waals surface area contributed by atoms with Crippen molar-refractivity contribution in [2.24, 2.45) is 0 Å². The van der Waals surface area contributed by atoms with Crippen LogP contribution in [0.3, 0.4) is 0 Å². The molecule has 5 rings (SSSR count). The van der Waals surface area contributed by atoms with Crippen LogP contribution in [0.1, 0.15) is 22.0 Å². The van der Waals surface area contributed by atoms with Gasteiger partial charge in [0, 0.05) is 41.0 Å². The molecule has 0 aliphatic heterocycles. The molecule has 2 aromatic heterocycles. The number of fused-ring (bicyclic) bond motifs is 1. The third-order valence-corrected chi connectivity index (χ3v) is 6.21. The molecule has 1 N–H and O–H groups in total. The van der Waals surface area contributed by atoms with E-state index >= 15 is 0 Å². The number of nitro groups is 1. The van der Waals surface area contributed by atoms with E-state index in [-0.39, 0.29) is 22.0 Å². The average Bonchev–Trinajstić information content (AvgIpc) is 2.97. The van der Waals surface area contributed by atoms with Gasteiger partial charge in [0.05, 0.1) is 32.4 Å². The molecule has 0 saturated carbocycles. The molecule has 3 aromatic carbocycles. The topological polar surface area (TPSA) is 124 Å². The summed E-state index contributed by atoms with van der Waals surface area (Å²) in [6.07, 6.45) is 1.91. The summed E-state index contributed by atoms with van der Waals surface area (Å²) < 4.78 is 5.82. The zero-order valence-electron chi connectivity index (χ0n) is 20.2. The molecule has 192 valence electrons. The van der Waals surface area contributed by atoms with Gasteiger partial charge in [-0.25, -0.2) is 9.78 Å². The van der Waals surface area contributed by atoms with E-state index in [0.717, 1.165) is 11.6 Å². The number of nitro benzene ring substituents is 1. The number of anilines is 1. The summed E-state index contributed by atoms with van der Waals surface area (Å²) in [6.45, 7) is 0. The van der Waals surface area contributed by atoms with Crippen molar-refractivity contribution in [1.29, 1.82) is 0 Å². The number of carbonyl (C=O) groups is 2. The summed E-state index contributed by atoms with van der Waals surface area (Å²) in [7, 11) is 0. The van der Waals surface area contributed by atoms with Gasteiger partial charge in [-0.1, -0.05) is 60.1 Å². The van der Waals surface area contributed by atoms with E-state index in [1.165, 1.54) is 12.1 Å². The molecule has 0 saturated heterocycles. The SMILES string of the molecule is O=C(OC(C(=O)Nc1ccc([N+](=O)[O-])cc1Cl)c1ccccc1)c1cc(-c2ccncc2)nc2ccccc12. The van der Waals surface area contributed by atoms with E-state index in [0.29, 0.717) is 22.2 Å². The fourth-order valence-corrected chi connectivity index (χ4v) is 4.23. The predicted octanol–water partition coefficient (Wildman–Crippen LogP) is 6.40. The minimum atomic E-state index is -1.35. The second-order valence-electron chi connectivity index (χ2n) is 8.41. The number of benzene rings is 3. The molecule has 39 heavy (non-hydrogen) atoms. The summed E-state index contributed by atoms with van der Waals surface area (Å²) in [5, 5.41) is 14.2. The molecule has 2 heterocycles. The minimum absolute atomic E-state index is 0.0298. The van der Waals surface area contributed by atoms with Crippen molar-refractivity contribution in [3.8, 4) is 11.3 Å². The zero-order valence-corrected chi connectivity index (χ0v) is 20.9. The number of amides is 1. The molecule has 9 nitrogen and oxygen atoms in total. The summed E-state index contributed by atoms with van der Waals surface area (Å²) >= 11 is 6.17. The second kappa shape index (κ2) is 11.1. The third kappa shape index (κ3) is 5.58. The van der Waals surface area contributed by atoms with E-state index < -0.39 is 22.9 Å². The van der Waals surface area contributed by atoms with Crippen LogP contribution in [0.15, 0.2) is 103 Å². The van der Waals surface area contributed by atoms with Crippen LogP contribution in [0.4, 0.5) is 11.4 Å². The zero-order chi connectivity index (χ0) is 27.4. The quantitative estimate of drug-likeness (QED) is 0.144. The highest BCUT2D eigenvalue weighted by Gasteiger charge is 2.28. The summed E-state index contributed by atoms with van der Waals surface area (Å²) in [4.78, 5) is 46.2. The molecule has 1 amide bonds. The molecule has 0 radical (unpaired) electrons. The Morgan fingerprint density at radius 3 is 2.36 bits per heavy atom. The van der Waals surface area contributed by atoms with Crippen molar-refractivity contribution in [1.82, 2.24) is 9.97 Å². The summed E-state index contributed by atoms with van der Waals surface area (Å²) in [6, 6.07) is 24.5. The van der Waals surface area contributed by atoms with Crippen LogP contribution in [-0.2, 0) is 9.53 Å². The fraction of sp³-hybridized carbons (Fsp3) is 0.0345. The number of esters is 1. The van der Waals surface area contributed by atoms with Crippen molar-refractivity contribution in [3.05, 3.63) is 130 Å². The number of hydrogen-bond donors (Lipinski definition) is 1. The smallest absolute Gasteiger partial charge is 0.340 e. The number of ether oxygens (including phenoxy) is 1. The Labute approximate surface area is 227 Å². The molecular weight excluding hydrogens is 520 g/mol. The van der Waals surface area contributed by atoms with E-state index in [1.54, 1.807) is 79.1 Å². The van der Waals surface area contributed by atoms with Gasteiger partial charge in [0.2, 0.25) is 6.10 Å². The van der Waals surface area contributed by atoms with Crippen molar-refractivity contribution in [2.75, 3.05) is 5.32 Å². The lowest BCUT2D eigenvalue weighted by Gasteiger charge is -2.19. The molecule has 1 unspecified atom stereocenters. The number of aromatic nitrogens is 2. The highest BCUT2D eigenvalue weighted by molar-refractivity contribution is 6.34. The monoisotopic (exact) mass is 538 g/mol. The standard InChI is InChI=1S/C29H19ClN4O5/c30-23-16-20(34(37)38)10-11-25(23)33-28(35)27(19-6-2-1-3-7-19)39-29(36)22-17-26(18-12-14-31-15-13-18)32-24-9-5-4-8-21(22)24/h1-17,27H,(H,33,35). The van der Waals surface area contributed by atoms with E-state index in [1.807, 2.05) is 6.07 Å². The molecule has 0 aliphatic rings. The number of non-ortho nitro benzene ring substituents is 1. The molecule has 0 aliphatic carbocycles. The fourth-order valence-electron chi connectivity index (χ4n) is 4.00. The van der Waals surface area contributed by atoms with Crippen LogP contribution in [0.25, 0.3) is 22.2 Å². The normalized spacial score (nSPS) is 11.5. The van der Waals surface area contributed by atoms with Crippen LogP contribution >= 0.6 is 11.6 Å². The van der Waals surface area contributed by atoms with Crippen LogP contribution in [0.2, 0.25) is 5.02 Å². The first kappa shape index (κ1) is 25.5. The van der Waals surface area contributed by atoms with Gasteiger partial charge in [-0.2, -0.15) is 0 Å². The molecule has 5 aromatic rings. The van der Waals surface area contributed by atoms with Gasteiger partial charge < -0.3 is 10.1 Å². The summed E-state index contributed by atoms with van der Waals surface area (Å²) in [5.74, 6) is -1.42. The second-order valence-corrected chi connectivity index (χ2v) is 8.82. The van der Waals surface area contributed by atoms with Gasteiger partial charge in [0.1, 0.15) is 0 Å². The lowest BCUT2D eigenvalue weighted by atomic mass is 10.0. The van der Waals surface area contributed by atoms with Crippen LogP contribution in [-0.4, -0.2) is 26.8 Å². The Morgan fingerprint density at radius 2 is 1.64 bits per heavy atom. The number of halogens is 1. The van der Waals surface area contributed by atoms with Crippen LogP contribution in [0.5, 0.6) is 0 Å². The maximum Gasteiger partial charge on any atom is 0.340 e. The maximum atomic E-state index is 13.6. The van der Waals surface area contributed by atoms with Gasteiger partial charge in [-0.15, -0.1) is 0 Å². The largest absolute Gasteiger partial charge is 0.444 e. The number of nitrogens with zero attached hydrogens (tertiary/aromatic N) is 3. The number of nitrogens with one attached hydrogen (secondary N) is 1. The Balaban J connectivity index is 1.50. The predicted molar refractivity (Wildman–Crippen MR) is 146 cm³/mol. The van der Waals surface area contributed by atoms with E-state index in [9.17, 15) is 19.7 Å². The molecule has 0 spiro atoms. The minimum Gasteiger partial charge on any atom is -0.444 e. The van der Waals surface area contributed by atoms with E-state index in [2.05, 4.69) is 15.3 Å². The average molecular weight is 539 g/mol. The lowest BCUT2D eigenvalue weighted by molar-refractivity contribution is -0.384. The Hall–Kier alpha value is -5.15. The molecule has 10 heteroatoms. The highest BCUT2D eigenvalue weighted by atomic mass is 35.5. The van der Waals surface area contributed by atoms with Crippen molar-refractivity contribution < 1.29 is 19.2 Å². The first-order valence-corrected chi connectivity index (χ1v) is 12.1. The number of rotatable bonds is 7. The Kier molecular flexibility index (Phi) is 7.24. The van der Waals surface area contributed by atoms with Gasteiger partial charge in [-0.05, 0) is 30.3 Å². The first-order chi connectivity index (χ1) is 18.9. The maximum absolute atomic E-state index is 13.6. The van der Waals surface area contributed by atoms with Crippen molar-refractivity contribution >= 4 is 45.8 Å². The highest BCUT2D eigenvalue weighted by Crippen LogP contribution is 2.30. The third-order valence-electron chi connectivity index (χ3n) is 5.90.